The lowest BCUT2D eigenvalue weighted by atomic mass is 10.1. The quantitative estimate of drug-likeness (QED) is 0.688. The molecular formula is C22H31N3O2. The average molecular weight is 370 g/mol. The summed E-state index contributed by atoms with van der Waals surface area (Å²) < 4.78 is 5.90. The molecule has 0 saturated heterocycles. The van der Waals surface area contributed by atoms with Gasteiger partial charge in [0.1, 0.15) is 12.4 Å². The van der Waals surface area contributed by atoms with Crippen molar-refractivity contribution < 1.29 is 9.53 Å². The van der Waals surface area contributed by atoms with Crippen LogP contribution in [-0.2, 0) is 13.0 Å². The van der Waals surface area contributed by atoms with Gasteiger partial charge in [0, 0.05) is 18.6 Å². The number of ether oxygens (including phenoxy) is 1. The molecule has 27 heavy (non-hydrogen) atoms. The minimum absolute atomic E-state index is 0.433. The van der Waals surface area contributed by atoms with Crippen LogP contribution < -0.4 is 15.8 Å². The Morgan fingerprint density at radius 1 is 1.04 bits per heavy atom. The van der Waals surface area contributed by atoms with Crippen LogP contribution in [-0.4, -0.2) is 29.6 Å². The lowest BCUT2D eigenvalue weighted by Crippen LogP contribution is -2.38. The number of carbonyl (C=O) groups is 1. The van der Waals surface area contributed by atoms with Gasteiger partial charge in [-0.1, -0.05) is 36.4 Å². The largest absolute Gasteiger partial charge is 0.487 e. The van der Waals surface area contributed by atoms with Crippen LogP contribution >= 0.6 is 0 Å². The highest BCUT2D eigenvalue weighted by atomic mass is 16.5. The van der Waals surface area contributed by atoms with Crippen molar-refractivity contribution in [2.24, 2.45) is 5.73 Å². The van der Waals surface area contributed by atoms with E-state index in [0.29, 0.717) is 30.1 Å². The zero-order valence-corrected chi connectivity index (χ0v) is 16.7. The molecule has 0 saturated carbocycles. The Labute approximate surface area is 162 Å². The van der Waals surface area contributed by atoms with Crippen LogP contribution in [0, 0.1) is 0 Å². The molecular weight excluding hydrogens is 338 g/mol. The fourth-order valence-corrected chi connectivity index (χ4v) is 3.20. The first-order valence-electron chi connectivity index (χ1n) is 9.48. The molecule has 0 spiro atoms. The molecule has 0 aromatic heterocycles. The van der Waals surface area contributed by atoms with Crippen molar-refractivity contribution in [2.75, 3.05) is 11.9 Å². The molecule has 2 aromatic rings. The van der Waals surface area contributed by atoms with Crippen molar-refractivity contribution in [2.45, 2.75) is 52.8 Å². The number of nitrogens with one attached hydrogen (secondary N) is 1. The topological polar surface area (TPSA) is 67.6 Å². The predicted molar refractivity (Wildman–Crippen MR) is 111 cm³/mol. The van der Waals surface area contributed by atoms with E-state index in [0.717, 1.165) is 24.1 Å². The van der Waals surface area contributed by atoms with Crippen molar-refractivity contribution in [3.05, 3.63) is 59.7 Å². The van der Waals surface area contributed by atoms with Crippen molar-refractivity contribution in [3.63, 3.8) is 0 Å². The van der Waals surface area contributed by atoms with Crippen molar-refractivity contribution >= 4 is 11.7 Å². The highest BCUT2D eigenvalue weighted by Crippen LogP contribution is 2.27. The van der Waals surface area contributed by atoms with Gasteiger partial charge in [0.15, 0.2) is 0 Å². The maximum Gasteiger partial charge on any atom is 0.316 e. The smallest absolute Gasteiger partial charge is 0.316 e. The number of primary amides is 1. The summed E-state index contributed by atoms with van der Waals surface area (Å²) in [6.45, 7) is 10.2. The number of benzene rings is 2. The minimum atomic E-state index is -0.595. The predicted octanol–water partition coefficient (Wildman–Crippen LogP) is 4.42. The number of nitrogens with zero attached hydrogens (tertiary/aromatic N) is 1. The molecule has 0 atom stereocenters. The van der Waals surface area contributed by atoms with Crippen LogP contribution in [0.5, 0.6) is 5.75 Å². The second-order valence-electron chi connectivity index (χ2n) is 7.27. The SMILES string of the molecule is CC(C)N(CCc1ccc(OCc2ccccc2)c(NC(N)=O)c1)C(C)C. The summed E-state index contributed by atoms with van der Waals surface area (Å²) in [4.78, 5) is 13.8. The average Bonchev–Trinajstić information content (AvgIpc) is 2.61. The molecule has 2 aromatic carbocycles. The zero-order valence-electron chi connectivity index (χ0n) is 16.7. The van der Waals surface area contributed by atoms with Gasteiger partial charge in [-0.05, 0) is 57.4 Å². The molecule has 0 fully saturated rings. The van der Waals surface area contributed by atoms with E-state index in [1.54, 1.807) is 0 Å². The number of amides is 2. The summed E-state index contributed by atoms with van der Waals surface area (Å²) in [5.41, 5.74) is 8.15. The Balaban J connectivity index is 2.10. The molecule has 0 unspecified atom stereocenters. The van der Waals surface area contributed by atoms with Crippen molar-refractivity contribution in [3.8, 4) is 5.75 Å². The number of hydrogen-bond acceptors (Lipinski definition) is 3. The van der Waals surface area contributed by atoms with Gasteiger partial charge in [-0.2, -0.15) is 0 Å². The third-order valence-electron chi connectivity index (χ3n) is 4.52. The first-order valence-corrected chi connectivity index (χ1v) is 9.48. The van der Waals surface area contributed by atoms with Gasteiger partial charge >= 0.3 is 6.03 Å². The molecule has 0 aliphatic heterocycles. The molecule has 0 aliphatic rings. The van der Waals surface area contributed by atoms with Crippen LogP contribution in [0.3, 0.4) is 0 Å². The number of carbonyl (C=O) groups excluding carboxylic acids is 1. The summed E-state index contributed by atoms with van der Waals surface area (Å²) >= 11 is 0. The van der Waals surface area contributed by atoms with Crippen LogP contribution in [0.2, 0.25) is 0 Å². The molecule has 146 valence electrons. The Morgan fingerprint density at radius 3 is 2.30 bits per heavy atom. The second-order valence-corrected chi connectivity index (χ2v) is 7.27. The fourth-order valence-electron chi connectivity index (χ4n) is 3.20. The first-order chi connectivity index (χ1) is 12.9. The normalized spacial score (nSPS) is 11.2. The summed E-state index contributed by atoms with van der Waals surface area (Å²) in [7, 11) is 0. The standard InChI is InChI=1S/C22H31N3O2/c1-16(2)25(17(3)4)13-12-18-10-11-21(20(14-18)24-22(23)26)27-15-19-8-6-5-7-9-19/h5-11,14,16-17H,12-13,15H2,1-4H3,(H3,23,24,26). The second kappa shape index (κ2) is 9.97. The molecule has 5 heteroatoms. The molecule has 0 radical (unpaired) electrons. The minimum Gasteiger partial charge on any atom is -0.487 e. The van der Waals surface area contributed by atoms with Gasteiger partial charge in [-0.3, -0.25) is 4.90 Å². The lowest BCUT2D eigenvalue weighted by molar-refractivity contribution is 0.177. The maximum atomic E-state index is 11.4. The summed E-state index contributed by atoms with van der Waals surface area (Å²) in [5.74, 6) is 0.617. The molecule has 2 rings (SSSR count). The van der Waals surface area contributed by atoms with E-state index in [9.17, 15) is 4.79 Å². The van der Waals surface area contributed by atoms with Crippen molar-refractivity contribution in [1.29, 1.82) is 0 Å². The van der Waals surface area contributed by atoms with E-state index in [1.165, 1.54) is 0 Å². The summed E-state index contributed by atoms with van der Waals surface area (Å²) in [6, 6.07) is 16.2. The molecule has 0 aliphatic carbocycles. The first kappa shape index (κ1) is 20.8. The van der Waals surface area contributed by atoms with Gasteiger partial charge in [0.2, 0.25) is 0 Å². The number of nitrogens with two attached hydrogens (primary N) is 1. The third-order valence-corrected chi connectivity index (χ3v) is 4.52. The lowest BCUT2D eigenvalue weighted by Gasteiger charge is -2.30. The van der Waals surface area contributed by atoms with Crippen LogP contribution in [0.15, 0.2) is 48.5 Å². The van der Waals surface area contributed by atoms with Crippen molar-refractivity contribution in [1.82, 2.24) is 4.90 Å². The molecule has 3 N–H and O–H groups in total. The van der Waals surface area contributed by atoms with E-state index in [1.807, 2.05) is 48.5 Å². The Bertz CT molecular complexity index is 722. The van der Waals surface area contributed by atoms with E-state index in [4.69, 9.17) is 10.5 Å². The Hall–Kier alpha value is -2.53. The third kappa shape index (κ3) is 6.61. The van der Waals surface area contributed by atoms with Gasteiger partial charge in [-0.15, -0.1) is 0 Å². The monoisotopic (exact) mass is 369 g/mol. The number of rotatable bonds is 9. The van der Waals surface area contributed by atoms with Crippen LogP contribution in [0.25, 0.3) is 0 Å². The summed E-state index contributed by atoms with van der Waals surface area (Å²) in [6.07, 6.45) is 0.892. The van der Waals surface area contributed by atoms with Gasteiger partial charge < -0.3 is 15.8 Å². The van der Waals surface area contributed by atoms with Gasteiger partial charge in [-0.25, -0.2) is 4.79 Å². The van der Waals surface area contributed by atoms with Crippen LogP contribution in [0.1, 0.15) is 38.8 Å². The van der Waals surface area contributed by atoms with E-state index < -0.39 is 6.03 Å². The Kier molecular flexibility index (Phi) is 7.67. The zero-order chi connectivity index (χ0) is 19.8. The number of anilines is 1. The Morgan fingerprint density at radius 2 is 1.70 bits per heavy atom. The molecule has 0 bridgehead atoms. The summed E-state index contributed by atoms with van der Waals surface area (Å²) in [5, 5.41) is 2.68. The van der Waals surface area contributed by atoms with Crippen LogP contribution in [0.4, 0.5) is 10.5 Å². The highest BCUT2D eigenvalue weighted by molar-refractivity contribution is 5.89. The van der Waals surface area contributed by atoms with Gasteiger partial charge in [0.25, 0.3) is 0 Å². The highest BCUT2D eigenvalue weighted by Gasteiger charge is 2.14. The van der Waals surface area contributed by atoms with E-state index >= 15 is 0 Å². The number of hydrogen-bond donors (Lipinski definition) is 2. The molecule has 0 heterocycles. The fraction of sp³-hybridized carbons (Fsp3) is 0.409. The molecule has 5 nitrogen and oxygen atoms in total. The van der Waals surface area contributed by atoms with E-state index in [-0.39, 0.29) is 0 Å². The van der Waals surface area contributed by atoms with E-state index in [2.05, 4.69) is 37.9 Å². The molecule has 2 amide bonds. The number of urea groups is 1. The maximum absolute atomic E-state index is 11.4. The van der Waals surface area contributed by atoms with Gasteiger partial charge in [0.05, 0.1) is 5.69 Å².